The first-order valence-electron chi connectivity index (χ1n) is 7.73. The fourth-order valence-corrected chi connectivity index (χ4v) is 3.37. The number of hydrogen-bond acceptors (Lipinski definition) is 5. The molecular weight excluding hydrogens is 390 g/mol. The van der Waals surface area contributed by atoms with Gasteiger partial charge in [-0.15, -0.1) is 0 Å². The first-order valence-corrected chi connectivity index (χ1v) is 9.33. The molecule has 0 saturated heterocycles. The van der Waals surface area contributed by atoms with Crippen molar-refractivity contribution in [3.8, 4) is 0 Å². The van der Waals surface area contributed by atoms with Crippen LogP contribution in [0.15, 0.2) is 42.5 Å². The lowest BCUT2D eigenvalue weighted by Crippen LogP contribution is -2.45. The highest BCUT2D eigenvalue weighted by Crippen LogP contribution is 2.25. The van der Waals surface area contributed by atoms with Crippen molar-refractivity contribution in [1.82, 2.24) is 15.8 Å². The van der Waals surface area contributed by atoms with Gasteiger partial charge in [0.15, 0.2) is 10.2 Å². The molecule has 6 nitrogen and oxygen atoms in total. The number of hydrogen-bond donors (Lipinski definition) is 4. The summed E-state index contributed by atoms with van der Waals surface area (Å²) < 4.78 is 1.07. The summed E-state index contributed by atoms with van der Waals surface area (Å²) in [4.78, 5) is 16.4. The normalized spacial score (nSPS) is 10.4. The minimum absolute atomic E-state index is 0.0750. The number of hydrazine groups is 1. The van der Waals surface area contributed by atoms with Crippen LogP contribution in [0.4, 0.5) is 10.8 Å². The van der Waals surface area contributed by atoms with Crippen LogP contribution in [-0.4, -0.2) is 22.5 Å². The zero-order chi connectivity index (χ0) is 18.5. The summed E-state index contributed by atoms with van der Waals surface area (Å²) in [6.45, 7) is 1.96. The summed E-state index contributed by atoms with van der Waals surface area (Å²) in [5.41, 5.74) is 7.75. The maximum absolute atomic E-state index is 11.9. The Hall–Kier alpha value is -2.42. The number of halogens is 1. The van der Waals surface area contributed by atoms with Crippen molar-refractivity contribution in [2.45, 2.75) is 6.92 Å². The maximum atomic E-state index is 11.9. The molecule has 0 fully saturated rings. The van der Waals surface area contributed by atoms with Crippen LogP contribution in [0, 0.1) is 6.92 Å². The van der Waals surface area contributed by atoms with E-state index in [1.165, 1.54) is 11.3 Å². The molecule has 1 heterocycles. The fourth-order valence-electron chi connectivity index (χ4n) is 2.17. The van der Waals surface area contributed by atoms with Gasteiger partial charge in [0.1, 0.15) is 0 Å². The van der Waals surface area contributed by atoms with E-state index >= 15 is 0 Å². The van der Waals surface area contributed by atoms with Crippen molar-refractivity contribution >= 4 is 67.2 Å². The minimum Gasteiger partial charge on any atom is -0.352 e. The van der Waals surface area contributed by atoms with Gasteiger partial charge in [0.05, 0.1) is 16.8 Å². The van der Waals surface area contributed by atoms with Gasteiger partial charge in [0.2, 0.25) is 0 Å². The van der Waals surface area contributed by atoms with Gasteiger partial charge in [-0.05, 0) is 49.0 Å². The Morgan fingerprint density at radius 1 is 1.19 bits per heavy atom. The first kappa shape index (κ1) is 18.4. The lowest BCUT2D eigenvalue weighted by atomic mass is 10.2. The van der Waals surface area contributed by atoms with E-state index in [-0.39, 0.29) is 17.6 Å². The average molecular weight is 406 g/mol. The summed E-state index contributed by atoms with van der Waals surface area (Å²) in [5, 5.41) is 7.59. The van der Waals surface area contributed by atoms with Crippen molar-refractivity contribution < 1.29 is 4.79 Å². The number of benzene rings is 2. The SMILES string of the molecule is Cc1c(Cl)cccc1NC(=S)NNC(=O)CNc1nc2ccccc2s1. The summed E-state index contributed by atoms with van der Waals surface area (Å²) in [5.74, 6) is -0.267. The summed E-state index contributed by atoms with van der Waals surface area (Å²) >= 11 is 12.7. The Bertz CT molecular complexity index is 926. The highest BCUT2D eigenvalue weighted by atomic mass is 35.5. The number of anilines is 2. The largest absolute Gasteiger partial charge is 0.352 e. The van der Waals surface area contributed by atoms with E-state index in [1.807, 2.05) is 43.3 Å². The quantitative estimate of drug-likeness (QED) is 0.391. The lowest BCUT2D eigenvalue weighted by molar-refractivity contribution is -0.119. The van der Waals surface area contributed by atoms with Crippen molar-refractivity contribution in [1.29, 1.82) is 0 Å². The molecule has 2 aromatic carbocycles. The first-order chi connectivity index (χ1) is 12.5. The van der Waals surface area contributed by atoms with Crippen LogP contribution in [0.25, 0.3) is 10.2 Å². The molecule has 0 unspecified atom stereocenters. The van der Waals surface area contributed by atoms with Crippen LogP contribution in [-0.2, 0) is 4.79 Å². The van der Waals surface area contributed by atoms with Gasteiger partial charge in [-0.1, -0.05) is 41.1 Å². The van der Waals surface area contributed by atoms with Gasteiger partial charge >= 0.3 is 0 Å². The molecule has 134 valence electrons. The third-order valence-electron chi connectivity index (χ3n) is 3.53. The molecule has 1 amide bonds. The van der Waals surface area contributed by atoms with E-state index in [1.54, 1.807) is 6.07 Å². The Kier molecular flexibility index (Phi) is 5.87. The molecule has 0 aliphatic carbocycles. The highest BCUT2D eigenvalue weighted by molar-refractivity contribution is 7.80. The van der Waals surface area contributed by atoms with Crippen LogP contribution < -0.4 is 21.5 Å². The second-order valence-electron chi connectivity index (χ2n) is 5.38. The molecule has 1 aromatic heterocycles. The molecule has 0 aliphatic rings. The molecule has 0 radical (unpaired) electrons. The van der Waals surface area contributed by atoms with E-state index in [0.717, 1.165) is 21.5 Å². The van der Waals surface area contributed by atoms with Crippen LogP contribution in [0.3, 0.4) is 0 Å². The molecule has 0 aliphatic heterocycles. The number of thiazole rings is 1. The standard InChI is InChI=1S/C17H16ClN5OS2/c1-10-11(18)5-4-7-12(10)20-16(25)23-22-15(24)9-19-17-21-13-6-2-3-8-14(13)26-17/h2-8H,9H2,1H3,(H,19,21)(H,22,24)(H2,20,23,25). The lowest BCUT2D eigenvalue weighted by Gasteiger charge is -2.13. The van der Waals surface area contributed by atoms with Crippen LogP contribution in [0.5, 0.6) is 0 Å². The molecule has 3 rings (SSSR count). The van der Waals surface area contributed by atoms with Crippen molar-refractivity contribution in [2.24, 2.45) is 0 Å². The number of amides is 1. The number of rotatable bonds is 4. The number of nitrogens with zero attached hydrogens (tertiary/aromatic N) is 1. The summed E-state index contributed by atoms with van der Waals surface area (Å²) in [7, 11) is 0. The predicted molar refractivity (Wildman–Crippen MR) is 112 cm³/mol. The molecule has 0 spiro atoms. The summed E-state index contributed by atoms with van der Waals surface area (Å²) in [6, 6.07) is 13.3. The van der Waals surface area contributed by atoms with E-state index in [0.29, 0.717) is 10.2 Å². The number of carbonyl (C=O) groups excluding carboxylic acids is 1. The number of thiocarbonyl (C=S) groups is 1. The third-order valence-corrected chi connectivity index (χ3v) is 5.13. The number of fused-ring (bicyclic) bond motifs is 1. The maximum Gasteiger partial charge on any atom is 0.257 e. The van der Waals surface area contributed by atoms with Gasteiger partial charge in [-0.2, -0.15) is 0 Å². The summed E-state index contributed by atoms with van der Waals surface area (Å²) in [6.07, 6.45) is 0. The van der Waals surface area contributed by atoms with E-state index in [2.05, 4.69) is 26.5 Å². The van der Waals surface area contributed by atoms with Gasteiger partial charge < -0.3 is 10.6 Å². The molecule has 9 heteroatoms. The minimum atomic E-state index is -0.267. The molecule has 3 aromatic rings. The second-order valence-corrected chi connectivity index (χ2v) is 7.23. The number of aromatic nitrogens is 1. The zero-order valence-corrected chi connectivity index (χ0v) is 16.2. The highest BCUT2D eigenvalue weighted by Gasteiger charge is 2.07. The number of carbonyl (C=O) groups is 1. The van der Waals surface area contributed by atoms with Gasteiger partial charge in [0, 0.05) is 10.7 Å². The smallest absolute Gasteiger partial charge is 0.257 e. The molecule has 4 N–H and O–H groups in total. The molecule has 26 heavy (non-hydrogen) atoms. The average Bonchev–Trinajstić information content (AvgIpc) is 3.05. The van der Waals surface area contributed by atoms with Gasteiger partial charge in [0.25, 0.3) is 5.91 Å². The van der Waals surface area contributed by atoms with Crippen LogP contribution >= 0.6 is 35.2 Å². The zero-order valence-electron chi connectivity index (χ0n) is 13.8. The fraction of sp³-hybridized carbons (Fsp3) is 0.118. The Balaban J connectivity index is 1.46. The second kappa shape index (κ2) is 8.31. The monoisotopic (exact) mass is 405 g/mol. The van der Waals surface area contributed by atoms with Crippen LogP contribution in [0.2, 0.25) is 5.02 Å². The van der Waals surface area contributed by atoms with Crippen molar-refractivity contribution in [2.75, 3.05) is 17.2 Å². The topological polar surface area (TPSA) is 78.1 Å². The molecule has 0 bridgehead atoms. The Labute approximate surface area is 164 Å². The van der Waals surface area contributed by atoms with E-state index < -0.39 is 0 Å². The third kappa shape index (κ3) is 4.60. The van der Waals surface area contributed by atoms with Crippen molar-refractivity contribution in [3.63, 3.8) is 0 Å². The number of nitrogens with one attached hydrogen (secondary N) is 4. The van der Waals surface area contributed by atoms with Gasteiger partial charge in [-0.25, -0.2) is 4.98 Å². The molecule has 0 atom stereocenters. The van der Waals surface area contributed by atoms with E-state index in [9.17, 15) is 4.79 Å². The van der Waals surface area contributed by atoms with E-state index in [4.69, 9.17) is 23.8 Å². The molecular formula is C17H16ClN5OS2. The molecule has 0 saturated carbocycles. The Morgan fingerprint density at radius 2 is 2.00 bits per heavy atom. The number of para-hydroxylation sites is 1. The van der Waals surface area contributed by atoms with Gasteiger partial charge in [-0.3, -0.25) is 15.6 Å². The predicted octanol–water partition coefficient (Wildman–Crippen LogP) is 3.69. The van der Waals surface area contributed by atoms with Crippen LogP contribution in [0.1, 0.15) is 5.56 Å². The van der Waals surface area contributed by atoms with Crippen molar-refractivity contribution in [3.05, 3.63) is 53.1 Å². The Morgan fingerprint density at radius 3 is 2.81 bits per heavy atom.